The summed E-state index contributed by atoms with van der Waals surface area (Å²) in [4.78, 5) is 4.10. The zero-order chi connectivity index (χ0) is 7.68. The van der Waals surface area contributed by atoms with Crippen LogP contribution in [0.15, 0.2) is 24.7 Å². The van der Waals surface area contributed by atoms with Crippen LogP contribution in [-0.4, -0.2) is 24.3 Å². The van der Waals surface area contributed by atoms with Crippen molar-refractivity contribution in [3.63, 3.8) is 0 Å². The molecule has 0 atom stereocenters. The first-order chi connectivity index (χ1) is 5.42. The molecular formula is C6H8N4Si. The number of aromatic nitrogens is 3. The fourth-order valence-electron chi connectivity index (χ4n) is 1.08. The van der Waals surface area contributed by atoms with Crippen molar-refractivity contribution < 1.29 is 0 Å². The van der Waals surface area contributed by atoms with Crippen LogP contribution >= 0.6 is 0 Å². The van der Waals surface area contributed by atoms with E-state index in [1.807, 2.05) is 18.3 Å². The van der Waals surface area contributed by atoms with Crippen molar-refractivity contribution in [3.8, 4) is 0 Å². The smallest absolute Gasteiger partial charge is 0.148 e. The van der Waals surface area contributed by atoms with Crippen molar-refractivity contribution in [2.45, 2.75) is 0 Å². The summed E-state index contributed by atoms with van der Waals surface area (Å²) in [6.45, 7) is 0. The van der Waals surface area contributed by atoms with E-state index < -0.39 is 9.68 Å². The van der Waals surface area contributed by atoms with Crippen LogP contribution in [0.4, 0.5) is 0 Å². The average molecular weight is 164 g/mol. The second-order valence-electron chi connectivity index (χ2n) is 2.25. The van der Waals surface area contributed by atoms with Gasteiger partial charge in [0.05, 0.1) is 10.8 Å². The van der Waals surface area contributed by atoms with Crippen molar-refractivity contribution in [3.05, 3.63) is 24.7 Å². The van der Waals surface area contributed by atoms with Crippen molar-refractivity contribution in [2.75, 3.05) is 0 Å². The third-order valence-electron chi connectivity index (χ3n) is 1.61. The molecule has 2 aromatic rings. The Kier molecular flexibility index (Phi) is 1.44. The SMILES string of the molecule is N[SiH2]c1ncnn2cccc12. The Hall–Kier alpha value is -1.20. The number of rotatable bonds is 1. The van der Waals surface area contributed by atoms with E-state index in [0.29, 0.717) is 0 Å². The van der Waals surface area contributed by atoms with Gasteiger partial charge in [-0.25, -0.2) is 9.50 Å². The van der Waals surface area contributed by atoms with Gasteiger partial charge < -0.3 is 5.40 Å². The summed E-state index contributed by atoms with van der Waals surface area (Å²) in [5.74, 6) is 0. The van der Waals surface area contributed by atoms with Crippen LogP contribution in [0.3, 0.4) is 0 Å². The minimum atomic E-state index is -0.673. The molecule has 0 saturated heterocycles. The van der Waals surface area contributed by atoms with Crippen LogP contribution in [0.25, 0.3) is 5.52 Å². The van der Waals surface area contributed by atoms with Gasteiger partial charge in [0.15, 0.2) is 0 Å². The Balaban J connectivity index is 2.79. The molecule has 4 nitrogen and oxygen atoms in total. The van der Waals surface area contributed by atoms with Crippen LogP contribution in [-0.2, 0) is 0 Å². The predicted octanol–water partition coefficient (Wildman–Crippen LogP) is -1.60. The van der Waals surface area contributed by atoms with Gasteiger partial charge in [-0.3, -0.25) is 0 Å². The Labute approximate surface area is 66.0 Å². The first-order valence-corrected chi connectivity index (χ1v) is 4.91. The molecule has 0 fully saturated rings. The lowest BCUT2D eigenvalue weighted by Gasteiger charge is -1.96. The van der Waals surface area contributed by atoms with Gasteiger partial charge in [0.25, 0.3) is 0 Å². The van der Waals surface area contributed by atoms with E-state index in [2.05, 4.69) is 10.1 Å². The van der Waals surface area contributed by atoms with Crippen LogP contribution in [0.1, 0.15) is 0 Å². The number of fused-ring (bicyclic) bond motifs is 1. The summed E-state index contributed by atoms with van der Waals surface area (Å²) in [6, 6.07) is 3.92. The molecule has 0 aromatic carbocycles. The molecule has 2 heterocycles. The van der Waals surface area contributed by atoms with Gasteiger partial charge in [0.1, 0.15) is 16.0 Å². The highest BCUT2D eigenvalue weighted by Crippen LogP contribution is 1.94. The highest BCUT2D eigenvalue weighted by Gasteiger charge is 1.99. The Morgan fingerprint density at radius 2 is 2.45 bits per heavy atom. The number of nitrogens with two attached hydrogens (primary N) is 1. The molecule has 0 aliphatic carbocycles. The summed E-state index contributed by atoms with van der Waals surface area (Å²) in [6.07, 6.45) is 3.44. The average Bonchev–Trinajstić information content (AvgIpc) is 2.50. The van der Waals surface area contributed by atoms with Gasteiger partial charge in [0, 0.05) is 6.20 Å². The standard InChI is InChI=1S/C6H8N4Si/c7-11-6-5-2-1-3-10(5)9-4-8-6/h1-4H,7,11H2. The molecule has 2 aromatic heterocycles. The van der Waals surface area contributed by atoms with Crippen LogP contribution < -0.4 is 10.7 Å². The van der Waals surface area contributed by atoms with Gasteiger partial charge in [-0.2, -0.15) is 5.10 Å². The minimum absolute atomic E-state index is 0.673. The van der Waals surface area contributed by atoms with Crippen LogP contribution in [0.2, 0.25) is 0 Å². The maximum absolute atomic E-state index is 5.61. The maximum atomic E-state index is 5.61. The van der Waals surface area contributed by atoms with Crippen LogP contribution in [0.5, 0.6) is 0 Å². The molecule has 0 saturated carbocycles. The molecule has 0 aliphatic heterocycles. The second kappa shape index (κ2) is 2.44. The first kappa shape index (κ1) is 6.50. The van der Waals surface area contributed by atoms with Crippen molar-refractivity contribution in [1.82, 2.24) is 14.6 Å². The fraction of sp³-hybridized carbons (Fsp3) is 0. The molecule has 0 spiro atoms. The maximum Gasteiger partial charge on any atom is 0.148 e. The van der Waals surface area contributed by atoms with Crippen molar-refractivity contribution >= 4 is 20.5 Å². The third kappa shape index (κ3) is 0.940. The molecule has 11 heavy (non-hydrogen) atoms. The van der Waals surface area contributed by atoms with Crippen molar-refractivity contribution in [1.29, 1.82) is 0 Å². The van der Waals surface area contributed by atoms with E-state index in [9.17, 15) is 0 Å². The quantitative estimate of drug-likeness (QED) is 0.516. The molecule has 56 valence electrons. The van der Waals surface area contributed by atoms with E-state index in [-0.39, 0.29) is 0 Å². The van der Waals surface area contributed by atoms with E-state index >= 15 is 0 Å². The molecule has 2 N–H and O–H groups in total. The molecule has 0 amide bonds. The van der Waals surface area contributed by atoms with Gasteiger partial charge >= 0.3 is 0 Å². The molecule has 0 radical (unpaired) electrons. The Morgan fingerprint density at radius 3 is 3.27 bits per heavy atom. The molecule has 2 rings (SSSR count). The molecule has 0 unspecified atom stereocenters. The third-order valence-corrected chi connectivity index (χ3v) is 2.54. The summed E-state index contributed by atoms with van der Waals surface area (Å²) < 4.78 is 1.79. The molecule has 0 bridgehead atoms. The van der Waals surface area contributed by atoms with E-state index in [1.54, 1.807) is 10.8 Å². The molecule has 5 heteroatoms. The highest BCUT2D eigenvalue weighted by molar-refractivity contribution is 6.51. The lowest BCUT2D eigenvalue weighted by Crippen LogP contribution is -2.28. The normalized spacial score (nSPS) is 11.7. The Bertz CT molecular complexity index is 369. The van der Waals surface area contributed by atoms with Crippen molar-refractivity contribution in [2.24, 2.45) is 5.40 Å². The molecule has 0 aliphatic rings. The topological polar surface area (TPSA) is 56.2 Å². The largest absolute Gasteiger partial charge is 0.351 e. The van der Waals surface area contributed by atoms with E-state index in [1.165, 1.54) is 0 Å². The number of hydrogen-bond acceptors (Lipinski definition) is 3. The fourth-order valence-corrected chi connectivity index (χ4v) is 1.75. The van der Waals surface area contributed by atoms with E-state index in [0.717, 1.165) is 10.8 Å². The second-order valence-corrected chi connectivity index (χ2v) is 3.33. The number of nitrogens with zero attached hydrogens (tertiary/aromatic N) is 3. The Morgan fingerprint density at radius 1 is 1.55 bits per heavy atom. The van der Waals surface area contributed by atoms with Gasteiger partial charge in [-0.15, -0.1) is 0 Å². The zero-order valence-corrected chi connectivity index (χ0v) is 7.35. The van der Waals surface area contributed by atoms with Crippen LogP contribution in [0, 0.1) is 0 Å². The lowest BCUT2D eigenvalue weighted by atomic mass is 10.5. The summed E-state index contributed by atoms with van der Waals surface area (Å²) >= 11 is 0. The van der Waals surface area contributed by atoms with Gasteiger partial charge in [0.2, 0.25) is 0 Å². The lowest BCUT2D eigenvalue weighted by molar-refractivity contribution is 0.912. The highest BCUT2D eigenvalue weighted by atomic mass is 28.2. The number of hydrogen-bond donors (Lipinski definition) is 1. The minimum Gasteiger partial charge on any atom is -0.351 e. The van der Waals surface area contributed by atoms with E-state index in [4.69, 9.17) is 5.40 Å². The predicted molar refractivity (Wildman–Crippen MR) is 45.4 cm³/mol. The first-order valence-electron chi connectivity index (χ1n) is 3.39. The zero-order valence-electron chi connectivity index (χ0n) is 5.94. The summed E-state index contributed by atoms with van der Waals surface area (Å²) in [5, 5.41) is 10.7. The van der Waals surface area contributed by atoms with Gasteiger partial charge in [-0.05, 0) is 12.1 Å². The molecular weight excluding hydrogens is 156 g/mol. The monoisotopic (exact) mass is 164 g/mol. The summed E-state index contributed by atoms with van der Waals surface area (Å²) in [5.41, 5.74) is 1.04. The van der Waals surface area contributed by atoms with Gasteiger partial charge in [-0.1, -0.05) is 0 Å². The summed E-state index contributed by atoms with van der Waals surface area (Å²) in [7, 11) is -0.673.